The second-order valence-electron chi connectivity index (χ2n) is 5.28. The van der Waals surface area contributed by atoms with E-state index in [1.807, 2.05) is 0 Å². The van der Waals surface area contributed by atoms with Gasteiger partial charge >= 0.3 is 5.97 Å². The van der Waals surface area contributed by atoms with Gasteiger partial charge in [0.25, 0.3) is 0 Å². The maximum absolute atomic E-state index is 12.0. The van der Waals surface area contributed by atoms with Crippen LogP contribution in [0.2, 0.25) is 5.02 Å². The first-order valence-electron chi connectivity index (χ1n) is 7.75. The predicted octanol–water partition coefficient (Wildman–Crippen LogP) is 2.23. The lowest BCUT2D eigenvalue weighted by atomic mass is 10.1. The van der Waals surface area contributed by atoms with Crippen LogP contribution < -0.4 is 16.4 Å². The second kappa shape index (κ2) is 11.0. The van der Waals surface area contributed by atoms with Crippen LogP contribution in [-0.4, -0.2) is 36.1 Å². The van der Waals surface area contributed by atoms with Crippen LogP contribution in [0.4, 0.5) is 5.69 Å². The van der Waals surface area contributed by atoms with Crippen LogP contribution >= 0.6 is 11.6 Å². The summed E-state index contributed by atoms with van der Waals surface area (Å²) in [6.07, 6.45) is 3.70. The minimum absolute atomic E-state index is 0.149. The number of benzene rings is 1. The van der Waals surface area contributed by atoms with Gasteiger partial charge in [-0.2, -0.15) is 0 Å². The molecule has 0 spiro atoms. The maximum Gasteiger partial charge on any atom is 0.321 e. The van der Waals surface area contributed by atoms with Crippen molar-refractivity contribution in [3.8, 4) is 0 Å². The number of carboxylic acid groups (broad SMARTS) is 1. The fraction of sp³-hybridized carbons (Fsp3) is 0.500. The molecule has 1 rings (SSSR count). The molecule has 0 unspecified atom stereocenters. The molecule has 0 aliphatic rings. The van der Waals surface area contributed by atoms with Crippen molar-refractivity contribution in [2.45, 2.75) is 38.1 Å². The van der Waals surface area contributed by atoms with Gasteiger partial charge < -0.3 is 21.5 Å². The Morgan fingerprint density at radius 3 is 2.52 bits per heavy atom. The molecule has 1 amide bonds. The summed E-state index contributed by atoms with van der Waals surface area (Å²) in [4.78, 5) is 23.2. The smallest absolute Gasteiger partial charge is 0.321 e. The lowest BCUT2D eigenvalue weighted by Gasteiger charge is -2.14. The van der Waals surface area contributed by atoms with E-state index >= 15 is 0 Å². The zero-order chi connectivity index (χ0) is 17.1. The number of carbonyl (C=O) groups is 2. The summed E-state index contributed by atoms with van der Waals surface area (Å²) >= 11 is 5.96. The van der Waals surface area contributed by atoms with Crippen molar-refractivity contribution in [2.75, 3.05) is 18.4 Å². The third kappa shape index (κ3) is 7.97. The van der Waals surface area contributed by atoms with Crippen molar-refractivity contribution >= 4 is 29.2 Å². The molecule has 0 saturated heterocycles. The number of carboxylic acids is 1. The first-order chi connectivity index (χ1) is 11.0. The highest BCUT2D eigenvalue weighted by Crippen LogP contribution is 2.20. The molecule has 1 aromatic carbocycles. The predicted molar refractivity (Wildman–Crippen MR) is 91.6 cm³/mol. The van der Waals surface area contributed by atoms with Crippen molar-refractivity contribution in [2.24, 2.45) is 5.73 Å². The molecule has 0 saturated carbocycles. The summed E-state index contributed by atoms with van der Waals surface area (Å²) in [5.41, 5.74) is 5.89. The number of nitrogens with two attached hydrogens (primary N) is 1. The first-order valence-corrected chi connectivity index (χ1v) is 8.13. The Hall–Kier alpha value is -1.63. The monoisotopic (exact) mass is 341 g/mol. The summed E-state index contributed by atoms with van der Waals surface area (Å²) in [6.45, 7) is 1.23. The number of aliphatic carboxylic acids is 1. The molecule has 0 aliphatic heterocycles. The molecule has 0 radical (unpaired) electrons. The van der Waals surface area contributed by atoms with Crippen LogP contribution in [0.25, 0.3) is 0 Å². The van der Waals surface area contributed by atoms with Gasteiger partial charge in [0.2, 0.25) is 5.91 Å². The third-order valence-electron chi connectivity index (χ3n) is 3.36. The standard InChI is InChI=1S/C16H24ClN3O3/c17-12-7-3-4-8-13(12)20-15(21)11-14(16(22)23)19-10-6-2-1-5-9-18/h3-4,7-8,14,19H,1-2,5-6,9-11,18H2,(H,20,21)(H,22,23)/t14-/m0/s1. The fourth-order valence-corrected chi connectivity index (χ4v) is 2.28. The molecule has 7 heteroatoms. The van der Waals surface area contributed by atoms with Crippen molar-refractivity contribution in [1.29, 1.82) is 0 Å². The Morgan fingerprint density at radius 1 is 1.17 bits per heavy atom. The van der Waals surface area contributed by atoms with Crippen molar-refractivity contribution in [3.05, 3.63) is 29.3 Å². The van der Waals surface area contributed by atoms with Gasteiger partial charge in [0, 0.05) is 0 Å². The van der Waals surface area contributed by atoms with Crippen LogP contribution in [0, 0.1) is 0 Å². The molecule has 0 aromatic heterocycles. The van der Waals surface area contributed by atoms with Crippen LogP contribution in [0.5, 0.6) is 0 Å². The summed E-state index contributed by atoms with van der Waals surface area (Å²) in [7, 11) is 0. The number of unbranched alkanes of at least 4 members (excludes halogenated alkanes) is 3. The Kier molecular flexibility index (Phi) is 9.28. The molecule has 1 atom stereocenters. The number of amides is 1. The quantitative estimate of drug-likeness (QED) is 0.462. The van der Waals surface area contributed by atoms with E-state index < -0.39 is 12.0 Å². The van der Waals surface area contributed by atoms with Gasteiger partial charge in [-0.1, -0.05) is 36.6 Å². The number of para-hydroxylation sites is 1. The van der Waals surface area contributed by atoms with Crippen molar-refractivity contribution in [3.63, 3.8) is 0 Å². The minimum Gasteiger partial charge on any atom is -0.480 e. The van der Waals surface area contributed by atoms with Gasteiger partial charge in [-0.15, -0.1) is 0 Å². The number of halogens is 1. The van der Waals surface area contributed by atoms with Gasteiger partial charge in [0.1, 0.15) is 6.04 Å². The normalized spacial score (nSPS) is 11.9. The lowest BCUT2D eigenvalue weighted by Crippen LogP contribution is -2.40. The molecule has 5 N–H and O–H groups in total. The average molecular weight is 342 g/mol. The first kappa shape index (κ1) is 19.4. The number of anilines is 1. The van der Waals surface area contributed by atoms with Crippen LogP contribution in [0.15, 0.2) is 24.3 Å². The molecule has 0 aliphatic carbocycles. The Morgan fingerprint density at radius 2 is 1.87 bits per heavy atom. The van der Waals surface area contributed by atoms with E-state index in [0.29, 0.717) is 23.8 Å². The molecule has 128 valence electrons. The maximum atomic E-state index is 12.0. The molecule has 0 fully saturated rings. The van der Waals surface area contributed by atoms with Crippen LogP contribution in [0.3, 0.4) is 0 Å². The van der Waals surface area contributed by atoms with Gasteiger partial charge in [-0.05, 0) is 38.1 Å². The largest absolute Gasteiger partial charge is 0.480 e. The fourth-order valence-electron chi connectivity index (χ4n) is 2.10. The second-order valence-corrected chi connectivity index (χ2v) is 5.69. The molecule has 1 aromatic rings. The highest BCUT2D eigenvalue weighted by Gasteiger charge is 2.20. The van der Waals surface area contributed by atoms with E-state index in [1.165, 1.54) is 0 Å². The molecule has 0 heterocycles. The van der Waals surface area contributed by atoms with Gasteiger partial charge in [0.15, 0.2) is 0 Å². The zero-order valence-electron chi connectivity index (χ0n) is 13.1. The van der Waals surface area contributed by atoms with Gasteiger partial charge in [0.05, 0.1) is 17.1 Å². The highest BCUT2D eigenvalue weighted by atomic mass is 35.5. The van der Waals surface area contributed by atoms with E-state index in [4.69, 9.17) is 17.3 Å². The van der Waals surface area contributed by atoms with Gasteiger partial charge in [-0.25, -0.2) is 0 Å². The Bertz CT molecular complexity index is 511. The minimum atomic E-state index is -1.04. The van der Waals surface area contributed by atoms with E-state index in [0.717, 1.165) is 25.7 Å². The summed E-state index contributed by atoms with van der Waals surface area (Å²) in [5, 5.41) is 15.1. The summed E-state index contributed by atoms with van der Waals surface area (Å²) in [5.74, 6) is -1.43. The molecule has 6 nitrogen and oxygen atoms in total. The van der Waals surface area contributed by atoms with Crippen molar-refractivity contribution in [1.82, 2.24) is 5.32 Å². The SMILES string of the molecule is NCCCCCCN[C@@H](CC(=O)Nc1ccccc1Cl)C(=O)O. The van der Waals surface area contributed by atoms with E-state index in [9.17, 15) is 14.7 Å². The average Bonchev–Trinajstić information content (AvgIpc) is 2.51. The lowest BCUT2D eigenvalue weighted by molar-refractivity contribution is -0.141. The number of hydrogen-bond acceptors (Lipinski definition) is 4. The van der Waals surface area contributed by atoms with E-state index in [-0.39, 0.29) is 12.3 Å². The number of hydrogen-bond donors (Lipinski definition) is 4. The Labute approximate surface area is 141 Å². The Balaban J connectivity index is 2.38. The number of rotatable bonds is 11. The number of nitrogens with one attached hydrogen (secondary N) is 2. The highest BCUT2D eigenvalue weighted by molar-refractivity contribution is 6.33. The third-order valence-corrected chi connectivity index (χ3v) is 3.69. The number of carbonyl (C=O) groups excluding carboxylic acids is 1. The molecule has 23 heavy (non-hydrogen) atoms. The molecular weight excluding hydrogens is 318 g/mol. The van der Waals surface area contributed by atoms with Crippen LogP contribution in [-0.2, 0) is 9.59 Å². The van der Waals surface area contributed by atoms with Crippen LogP contribution in [0.1, 0.15) is 32.1 Å². The van der Waals surface area contributed by atoms with Gasteiger partial charge in [-0.3, -0.25) is 9.59 Å². The van der Waals surface area contributed by atoms with E-state index in [1.54, 1.807) is 24.3 Å². The molecule has 0 bridgehead atoms. The van der Waals surface area contributed by atoms with Crippen molar-refractivity contribution < 1.29 is 14.7 Å². The summed E-state index contributed by atoms with van der Waals surface area (Å²) < 4.78 is 0. The summed E-state index contributed by atoms with van der Waals surface area (Å²) in [6, 6.07) is 5.92. The van der Waals surface area contributed by atoms with E-state index in [2.05, 4.69) is 10.6 Å². The topological polar surface area (TPSA) is 104 Å². The zero-order valence-corrected chi connectivity index (χ0v) is 13.8. The molecular formula is C16H24ClN3O3.